The van der Waals surface area contributed by atoms with Crippen molar-refractivity contribution in [3.63, 3.8) is 0 Å². The van der Waals surface area contributed by atoms with Crippen LogP contribution in [0.2, 0.25) is 0 Å². The molecule has 1 aliphatic heterocycles. The molecule has 1 unspecified atom stereocenters. The summed E-state index contributed by atoms with van der Waals surface area (Å²) in [5.74, 6) is 2.35. The fourth-order valence-corrected chi connectivity index (χ4v) is 2.36. The first-order chi connectivity index (χ1) is 9.33. The summed E-state index contributed by atoms with van der Waals surface area (Å²) >= 11 is 0. The Balaban J connectivity index is 1.91. The van der Waals surface area contributed by atoms with Crippen LogP contribution >= 0.6 is 0 Å². The lowest BCUT2D eigenvalue weighted by Crippen LogP contribution is -2.21. The topological polar surface area (TPSA) is 70.5 Å². The Morgan fingerprint density at radius 3 is 3.21 bits per heavy atom. The number of hydrogen-bond acceptors (Lipinski definition) is 6. The Bertz CT molecular complexity index is 389. The Labute approximate surface area is 113 Å². The van der Waals surface area contributed by atoms with Gasteiger partial charge in [-0.1, -0.05) is 0 Å². The average molecular weight is 266 g/mol. The Morgan fingerprint density at radius 1 is 1.53 bits per heavy atom. The van der Waals surface area contributed by atoms with Crippen LogP contribution in [0, 0.1) is 5.92 Å². The zero-order valence-electron chi connectivity index (χ0n) is 11.4. The molecule has 2 rings (SSSR count). The van der Waals surface area contributed by atoms with Crippen LogP contribution in [0.3, 0.4) is 0 Å². The van der Waals surface area contributed by atoms with E-state index in [1.165, 1.54) is 0 Å². The van der Waals surface area contributed by atoms with E-state index in [-0.39, 0.29) is 6.61 Å². The van der Waals surface area contributed by atoms with Crippen molar-refractivity contribution in [2.24, 2.45) is 5.92 Å². The molecule has 2 heterocycles. The predicted molar refractivity (Wildman–Crippen MR) is 74.4 cm³/mol. The summed E-state index contributed by atoms with van der Waals surface area (Å²) < 4.78 is 4.99. The summed E-state index contributed by atoms with van der Waals surface area (Å²) in [5, 5.41) is 12.2. The monoisotopic (exact) mass is 266 g/mol. The largest absolute Gasteiger partial charge is 0.396 e. The summed E-state index contributed by atoms with van der Waals surface area (Å²) in [6.07, 6.45) is 3.58. The molecule has 0 radical (unpaired) electrons. The van der Waals surface area contributed by atoms with E-state index in [9.17, 15) is 0 Å². The van der Waals surface area contributed by atoms with Crippen molar-refractivity contribution in [3.8, 4) is 0 Å². The van der Waals surface area contributed by atoms with Gasteiger partial charge in [0, 0.05) is 39.4 Å². The quantitative estimate of drug-likeness (QED) is 0.710. The van der Waals surface area contributed by atoms with Gasteiger partial charge in [-0.15, -0.1) is 0 Å². The summed E-state index contributed by atoms with van der Waals surface area (Å²) in [5.41, 5.74) is 0. The molecule has 0 spiro atoms. The Morgan fingerprint density at radius 2 is 2.42 bits per heavy atom. The van der Waals surface area contributed by atoms with Crippen LogP contribution in [-0.4, -0.2) is 55.0 Å². The standard InChI is InChI=1S/C13H22N4O2/c1-19-7-4-14-12-8-13(16-10-15-12)17-5-2-11(9-17)3-6-18/h8,10-11,18H,2-7,9H2,1H3,(H,14,15,16). The molecule has 1 atom stereocenters. The van der Waals surface area contributed by atoms with Crippen LogP contribution in [0.15, 0.2) is 12.4 Å². The molecule has 0 saturated carbocycles. The van der Waals surface area contributed by atoms with Crippen LogP contribution in [0.1, 0.15) is 12.8 Å². The first-order valence-electron chi connectivity index (χ1n) is 6.74. The van der Waals surface area contributed by atoms with E-state index < -0.39 is 0 Å². The van der Waals surface area contributed by atoms with Crippen molar-refractivity contribution in [1.82, 2.24) is 9.97 Å². The summed E-state index contributed by atoms with van der Waals surface area (Å²) in [7, 11) is 1.68. The molecule has 0 aliphatic carbocycles. The number of ether oxygens (including phenoxy) is 1. The zero-order chi connectivity index (χ0) is 13.5. The highest BCUT2D eigenvalue weighted by molar-refractivity contribution is 5.49. The molecule has 1 saturated heterocycles. The van der Waals surface area contributed by atoms with Gasteiger partial charge in [-0.3, -0.25) is 0 Å². The molecule has 19 heavy (non-hydrogen) atoms. The van der Waals surface area contributed by atoms with Gasteiger partial charge in [-0.2, -0.15) is 0 Å². The van der Waals surface area contributed by atoms with Gasteiger partial charge in [0.25, 0.3) is 0 Å². The highest BCUT2D eigenvalue weighted by Crippen LogP contribution is 2.24. The number of methoxy groups -OCH3 is 1. The molecule has 1 fully saturated rings. The number of rotatable bonds is 7. The normalized spacial score (nSPS) is 18.8. The smallest absolute Gasteiger partial charge is 0.134 e. The molecule has 2 N–H and O–H groups in total. The summed E-state index contributed by atoms with van der Waals surface area (Å²) in [4.78, 5) is 10.8. The second-order valence-electron chi connectivity index (χ2n) is 4.79. The van der Waals surface area contributed by atoms with Gasteiger partial charge in [0.2, 0.25) is 0 Å². The first-order valence-corrected chi connectivity index (χ1v) is 6.74. The molecule has 106 valence electrons. The van der Waals surface area contributed by atoms with Crippen LogP contribution in [0.25, 0.3) is 0 Å². The lowest BCUT2D eigenvalue weighted by Gasteiger charge is -2.18. The van der Waals surface area contributed by atoms with Gasteiger partial charge in [0.1, 0.15) is 18.0 Å². The van der Waals surface area contributed by atoms with Crippen LogP contribution in [0.4, 0.5) is 11.6 Å². The average Bonchev–Trinajstić information content (AvgIpc) is 2.89. The van der Waals surface area contributed by atoms with Gasteiger partial charge >= 0.3 is 0 Å². The van der Waals surface area contributed by atoms with Crippen molar-refractivity contribution in [2.75, 3.05) is 50.2 Å². The maximum absolute atomic E-state index is 8.98. The van der Waals surface area contributed by atoms with Crippen LogP contribution in [0.5, 0.6) is 0 Å². The second kappa shape index (κ2) is 7.25. The van der Waals surface area contributed by atoms with Crippen molar-refractivity contribution in [2.45, 2.75) is 12.8 Å². The first kappa shape index (κ1) is 14.0. The van der Waals surface area contributed by atoms with Crippen LogP contribution in [-0.2, 0) is 4.74 Å². The fraction of sp³-hybridized carbons (Fsp3) is 0.692. The van der Waals surface area contributed by atoms with Crippen molar-refractivity contribution < 1.29 is 9.84 Å². The van der Waals surface area contributed by atoms with Crippen molar-refractivity contribution in [1.29, 1.82) is 0 Å². The molecule has 1 aromatic rings. The van der Waals surface area contributed by atoms with E-state index in [1.807, 2.05) is 6.07 Å². The summed E-state index contributed by atoms with van der Waals surface area (Å²) in [6, 6.07) is 1.97. The number of aliphatic hydroxyl groups excluding tert-OH is 1. The van der Waals surface area contributed by atoms with Crippen LogP contribution < -0.4 is 10.2 Å². The lowest BCUT2D eigenvalue weighted by atomic mass is 10.1. The summed E-state index contributed by atoms with van der Waals surface area (Å²) in [6.45, 7) is 3.63. The molecule has 0 bridgehead atoms. The van der Waals surface area contributed by atoms with E-state index in [0.717, 1.165) is 44.1 Å². The second-order valence-corrected chi connectivity index (χ2v) is 4.79. The predicted octanol–water partition coefficient (Wildman–Crippen LogP) is 0.744. The molecule has 1 aromatic heterocycles. The fourth-order valence-electron chi connectivity index (χ4n) is 2.36. The highest BCUT2D eigenvalue weighted by atomic mass is 16.5. The minimum Gasteiger partial charge on any atom is -0.396 e. The van der Waals surface area contributed by atoms with E-state index in [0.29, 0.717) is 12.5 Å². The van der Waals surface area contributed by atoms with E-state index in [2.05, 4.69) is 20.2 Å². The zero-order valence-corrected chi connectivity index (χ0v) is 11.4. The van der Waals surface area contributed by atoms with Gasteiger partial charge < -0.3 is 20.1 Å². The van der Waals surface area contributed by atoms with Gasteiger partial charge in [0.05, 0.1) is 6.61 Å². The van der Waals surface area contributed by atoms with Gasteiger partial charge in [-0.25, -0.2) is 9.97 Å². The Hall–Kier alpha value is -1.40. The van der Waals surface area contributed by atoms with Gasteiger partial charge in [-0.05, 0) is 18.8 Å². The minimum atomic E-state index is 0.270. The number of nitrogens with zero attached hydrogens (tertiary/aromatic N) is 3. The molecule has 6 heteroatoms. The van der Waals surface area contributed by atoms with Gasteiger partial charge in [0.15, 0.2) is 0 Å². The number of aliphatic hydroxyl groups is 1. The third kappa shape index (κ3) is 4.04. The highest BCUT2D eigenvalue weighted by Gasteiger charge is 2.23. The minimum absolute atomic E-state index is 0.270. The van der Waals surface area contributed by atoms with E-state index in [4.69, 9.17) is 9.84 Å². The number of aromatic nitrogens is 2. The molecule has 0 aromatic carbocycles. The van der Waals surface area contributed by atoms with E-state index >= 15 is 0 Å². The van der Waals surface area contributed by atoms with Crippen molar-refractivity contribution >= 4 is 11.6 Å². The molecule has 6 nitrogen and oxygen atoms in total. The molecular formula is C13H22N4O2. The third-order valence-electron chi connectivity index (χ3n) is 3.41. The molecule has 0 amide bonds. The SMILES string of the molecule is COCCNc1cc(N2CCC(CCO)C2)ncn1. The Kier molecular flexibility index (Phi) is 5.35. The molecule has 1 aliphatic rings. The maximum Gasteiger partial charge on any atom is 0.134 e. The molecular weight excluding hydrogens is 244 g/mol. The van der Waals surface area contributed by atoms with Crippen molar-refractivity contribution in [3.05, 3.63) is 12.4 Å². The number of nitrogens with one attached hydrogen (secondary N) is 1. The van der Waals surface area contributed by atoms with E-state index in [1.54, 1.807) is 13.4 Å². The number of anilines is 2. The third-order valence-corrected chi connectivity index (χ3v) is 3.41. The lowest BCUT2D eigenvalue weighted by molar-refractivity contribution is 0.210. The maximum atomic E-state index is 8.98. The number of hydrogen-bond donors (Lipinski definition) is 2.